The number of piperidine rings is 1. The van der Waals surface area contributed by atoms with Crippen molar-refractivity contribution < 1.29 is 17.3 Å². The first kappa shape index (κ1) is 19.2. The molecule has 0 amide bonds. The fourth-order valence-electron chi connectivity index (χ4n) is 3.41. The van der Waals surface area contributed by atoms with Gasteiger partial charge in [-0.3, -0.25) is 0 Å². The van der Waals surface area contributed by atoms with Crippen molar-refractivity contribution in [2.45, 2.75) is 96.9 Å². The van der Waals surface area contributed by atoms with E-state index < -0.39 is 0 Å². The molecule has 1 N–H and O–H groups in total. The summed E-state index contributed by atoms with van der Waals surface area (Å²) in [5.41, 5.74) is 0. The molecule has 2 heteroatoms. The van der Waals surface area contributed by atoms with E-state index in [0.717, 1.165) is 6.04 Å². The second kappa shape index (κ2) is 13.2. The third kappa shape index (κ3) is 8.92. The summed E-state index contributed by atoms with van der Waals surface area (Å²) in [6, 6.07) is 1.01. The monoisotopic (exact) mass is 289 g/mol. The van der Waals surface area contributed by atoms with Crippen molar-refractivity contribution >= 4 is 0 Å². The SMILES string of the molecule is CCCCCCCC[NH+]1CCCCC1CCCC.[Cl-]. The number of halogens is 1. The van der Waals surface area contributed by atoms with Crippen molar-refractivity contribution in [2.24, 2.45) is 0 Å². The van der Waals surface area contributed by atoms with Crippen molar-refractivity contribution in [3.05, 3.63) is 0 Å². The highest BCUT2D eigenvalue weighted by Crippen LogP contribution is 2.10. The van der Waals surface area contributed by atoms with E-state index in [0.29, 0.717) is 0 Å². The highest BCUT2D eigenvalue weighted by Gasteiger charge is 2.24. The van der Waals surface area contributed by atoms with Crippen LogP contribution in [-0.2, 0) is 0 Å². The molecule has 1 nitrogen and oxygen atoms in total. The van der Waals surface area contributed by atoms with Gasteiger partial charge in [-0.15, -0.1) is 0 Å². The van der Waals surface area contributed by atoms with E-state index in [1.807, 2.05) is 4.90 Å². The fourth-order valence-corrected chi connectivity index (χ4v) is 3.41. The van der Waals surface area contributed by atoms with Crippen LogP contribution in [0.4, 0.5) is 0 Å². The molecule has 0 aromatic rings. The normalized spacial score (nSPS) is 23.1. The van der Waals surface area contributed by atoms with Gasteiger partial charge < -0.3 is 17.3 Å². The van der Waals surface area contributed by atoms with Gasteiger partial charge >= 0.3 is 0 Å². The zero-order valence-corrected chi connectivity index (χ0v) is 14.1. The maximum atomic E-state index is 2.33. The molecule has 0 saturated carbocycles. The largest absolute Gasteiger partial charge is 1.00 e. The number of hydrogen-bond acceptors (Lipinski definition) is 0. The zero-order chi connectivity index (χ0) is 13.1. The molecule has 1 aliphatic rings. The number of nitrogens with one attached hydrogen (secondary N) is 1. The minimum absolute atomic E-state index is 0. The van der Waals surface area contributed by atoms with Gasteiger partial charge in [-0.05, 0) is 44.9 Å². The molecule has 1 aliphatic heterocycles. The lowest BCUT2D eigenvalue weighted by Crippen LogP contribution is -3.16. The summed E-state index contributed by atoms with van der Waals surface area (Å²) in [5.74, 6) is 0. The Balaban J connectivity index is 0.00000324. The minimum atomic E-state index is 0. The lowest BCUT2D eigenvalue weighted by Gasteiger charge is -2.32. The Morgan fingerprint density at radius 1 is 0.842 bits per heavy atom. The first-order chi connectivity index (χ1) is 8.88. The molecule has 2 unspecified atom stereocenters. The van der Waals surface area contributed by atoms with E-state index >= 15 is 0 Å². The van der Waals surface area contributed by atoms with Crippen molar-refractivity contribution in [1.82, 2.24) is 0 Å². The first-order valence-corrected chi connectivity index (χ1v) is 8.73. The van der Waals surface area contributed by atoms with Gasteiger partial charge in [-0.2, -0.15) is 0 Å². The highest BCUT2D eigenvalue weighted by atomic mass is 35.5. The van der Waals surface area contributed by atoms with Crippen LogP contribution in [0.5, 0.6) is 0 Å². The summed E-state index contributed by atoms with van der Waals surface area (Å²) in [5, 5.41) is 0. The Kier molecular flexibility index (Phi) is 13.4. The van der Waals surface area contributed by atoms with Crippen LogP contribution in [0.1, 0.15) is 90.9 Å². The summed E-state index contributed by atoms with van der Waals surface area (Å²) in [6.07, 6.45) is 17.5. The van der Waals surface area contributed by atoms with Crippen LogP contribution in [0.15, 0.2) is 0 Å². The number of hydrogen-bond donors (Lipinski definition) is 1. The molecule has 1 fully saturated rings. The Labute approximate surface area is 127 Å². The average Bonchev–Trinajstić information content (AvgIpc) is 2.41. The standard InChI is InChI=1S/C17H35N.ClH/c1-3-5-7-8-9-11-15-18-16-12-10-14-17(18)13-6-4-2;/h17H,3-16H2,1-2H3;1H. The summed E-state index contributed by atoms with van der Waals surface area (Å²) in [7, 11) is 0. The van der Waals surface area contributed by atoms with Crippen LogP contribution in [0.3, 0.4) is 0 Å². The Morgan fingerprint density at radius 2 is 1.53 bits per heavy atom. The van der Waals surface area contributed by atoms with Gasteiger partial charge in [0.15, 0.2) is 0 Å². The predicted molar refractivity (Wildman–Crippen MR) is 81.2 cm³/mol. The molecule has 0 radical (unpaired) electrons. The average molecular weight is 290 g/mol. The van der Waals surface area contributed by atoms with Crippen molar-refractivity contribution in [1.29, 1.82) is 0 Å². The van der Waals surface area contributed by atoms with Gasteiger partial charge in [0.25, 0.3) is 0 Å². The van der Waals surface area contributed by atoms with Gasteiger partial charge in [-0.25, -0.2) is 0 Å². The molecule has 2 atom stereocenters. The third-order valence-electron chi connectivity index (χ3n) is 4.64. The van der Waals surface area contributed by atoms with Crippen LogP contribution in [0.2, 0.25) is 0 Å². The van der Waals surface area contributed by atoms with Gasteiger partial charge in [0.1, 0.15) is 0 Å². The molecule has 1 heterocycles. The van der Waals surface area contributed by atoms with Gasteiger partial charge in [-0.1, -0.05) is 46.0 Å². The maximum Gasteiger partial charge on any atom is 0.0874 e. The van der Waals surface area contributed by atoms with Gasteiger partial charge in [0.2, 0.25) is 0 Å². The Bertz CT molecular complexity index is 184. The van der Waals surface area contributed by atoms with E-state index in [9.17, 15) is 0 Å². The zero-order valence-electron chi connectivity index (χ0n) is 13.4. The molecule has 19 heavy (non-hydrogen) atoms. The predicted octanol–water partition coefficient (Wildman–Crippen LogP) is 0.979. The lowest BCUT2D eigenvalue weighted by molar-refractivity contribution is -0.931. The van der Waals surface area contributed by atoms with Gasteiger partial charge in [0, 0.05) is 0 Å². The first-order valence-electron chi connectivity index (χ1n) is 8.73. The van der Waals surface area contributed by atoms with E-state index in [1.54, 1.807) is 0 Å². The Hall–Kier alpha value is 0.250. The second-order valence-electron chi connectivity index (χ2n) is 6.26. The molecule has 1 rings (SSSR count). The number of unbranched alkanes of at least 4 members (excludes halogenated alkanes) is 6. The molecule has 1 saturated heterocycles. The topological polar surface area (TPSA) is 4.44 Å². The van der Waals surface area contributed by atoms with E-state index in [2.05, 4.69) is 13.8 Å². The van der Waals surface area contributed by atoms with Crippen LogP contribution in [-0.4, -0.2) is 19.1 Å². The Morgan fingerprint density at radius 3 is 2.26 bits per heavy atom. The molecule has 0 spiro atoms. The molecule has 0 aliphatic carbocycles. The third-order valence-corrected chi connectivity index (χ3v) is 4.64. The quantitative estimate of drug-likeness (QED) is 0.572. The van der Waals surface area contributed by atoms with Crippen molar-refractivity contribution in [3.8, 4) is 0 Å². The number of quaternary nitrogens is 1. The number of rotatable bonds is 10. The molecular formula is C17H36ClN. The summed E-state index contributed by atoms with van der Waals surface area (Å²) >= 11 is 0. The number of likely N-dealkylation sites (tertiary alicyclic amines) is 1. The summed E-state index contributed by atoms with van der Waals surface area (Å²) in [4.78, 5) is 1.95. The van der Waals surface area contributed by atoms with E-state index in [-0.39, 0.29) is 12.4 Å². The summed E-state index contributed by atoms with van der Waals surface area (Å²) in [6.45, 7) is 7.55. The van der Waals surface area contributed by atoms with Crippen molar-refractivity contribution in [2.75, 3.05) is 13.1 Å². The minimum Gasteiger partial charge on any atom is -1.00 e. The van der Waals surface area contributed by atoms with Crippen LogP contribution in [0.25, 0.3) is 0 Å². The molecular weight excluding hydrogens is 254 g/mol. The molecule has 0 aromatic heterocycles. The van der Waals surface area contributed by atoms with E-state index in [4.69, 9.17) is 0 Å². The second-order valence-corrected chi connectivity index (χ2v) is 6.26. The lowest BCUT2D eigenvalue weighted by atomic mass is 9.97. The maximum absolute atomic E-state index is 2.33. The molecule has 0 aromatic carbocycles. The highest BCUT2D eigenvalue weighted by molar-refractivity contribution is 4.61. The van der Waals surface area contributed by atoms with Crippen molar-refractivity contribution in [3.63, 3.8) is 0 Å². The van der Waals surface area contributed by atoms with Crippen LogP contribution in [0, 0.1) is 0 Å². The summed E-state index contributed by atoms with van der Waals surface area (Å²) < 4.78 is 0. The van der Waals surface area contributed by atoms with Crippen LogP contribution < -0.4 is 17.3 Å². The van der Waals surface area contributed by atoms with E-state index in [1.165, 1.54) is 90.1 Å². The fraction of sp³-hybridized carbons (Fsp3) is 1.00. The molecule has 116 valence electrons. The smallest absolute Gasteiger partial charge is 0.0874 e. The van der Waals surface area contributed by atoms with Crippen LogP contribution >= 0.6 is 0 Å². The van der Waals surface area contributed by atoms with Gasteiger partial charge in [0.05, 0.1) is 19.1 Å². The molecule has 0 bridgehead atoms.